The van der Waals surface area contributed by atoms with Crippen LogP contribution in [0.4, 0.5) is 10.1 Å². The van der Waals surface area contributed by atoms with Crippen LogP contribution in [-0.2, 0) is 16.0 Å². The molecule has 0 radical (unpaired) electrons. The number of carbonyl (C=O) groups excluding carboxylic acids is 2. The summed E-state index contributed by atoms with van der Waals surface area (Å²) >= 11 is 1.50. The normalized spacial score (nSPS) is 10.6. The number of nitrogens with zero attached hydrogens (tertiary/aromatic N) is 1. The molecule has 1 aromatic heterocycles. The molecule has 150 valence electrons. The molecule has 0 saturated heterocycles. The number of anilines is 1. The predicted molar refractivity (Wildman–Crippen MR) is 114 cm³/mol. The largest absolute Gasteiger partial charge is 0.347 e. The second kappa shape index (κ2) is 8.96. The molecular weight excluding hydrogens is 389 g/mol. The number of hydrogen-bond acceptors (Lipinski definition) is 4. The van der Waals surface area contributed by atoms with E-state index < -0.39 is 11.8 Å². The number of nitrogens with one attached hydrogen (secondary N) is 2. The van der Waals surface area contributed by atoms with Gasteiger partial charge in [0, 0.05) is 29.1 Å². The molecule has 0 fully saturated rings. The number of carbonyl (C=O) groups is 2. The minimum absolute atomic E-state index is 0.288. The summed E-state index contributed by atoms with van der Waals surface area (Å²) < 4.78 is 13.1. The lowest BCUT2D eigenvalue weighted by atomic mass is 10.1. The zero-order valence-corrected chi connectivity index (χ0v) is 17.3. The second-order valence-corrected chi connectivity index (χ2v) is 7.88. The molecule has 0 aliphatic rings. The van der Waals surface area contributed by atoms with Crippen LogP contribution in [0.25, 0.3) is 10.6 Å². The fourth-order valence-corrected chi connectivity index (χ4v) is 3.82. The van der Waals surface area contributed by atoms with Crippen LogP contribution in [0.5, 0.6) is 0 Å². The number of aryl methyl sites for hydroxylation is 3. The summed E-state index contributed by atoms with van der Waals surface area (Å²) in [6.07, 6.45) is 0.563. The van der Waals surface area contributed by atoms with Crippen molar-refractivity contribution in [2.75, 3.05) is 11.9 Å². The van der Waals surface area contributed by atoms with E-state index in [4.69, 9.17) is 0 Å². The Morgan fingerprint density at radius 3 is 2.41 bits per heavy atom. The van der Waals surface area contributed by atoms with E-state index >= 15 is 0 Å². The Kier molecular flexibility index (Phi) is 6.39. The van der Waals surface area contributed by atoms with Crippen molar-refractivity contribution in [2.24, 2.45) is 0 Å². The molecule has 0 bridgehead atoms. The van der Waals surface area contributed by atoms with Gasteiger partial charge in [0.25, 0.3) is 0 Å². The van der Waals surface area contributed by atoms with Gasteiger partial charge >= 0.3 is 11.8 Å². The van der Waals surface area contributed by atoms with E-state index in [2.05, 4.69) is 15.6 Å². The zero-order chi connectivity index (χ0) is 21.0. The first-order valence-electron chi connectivity index (χ1n) is 9.22. The predicted octanol–water partition coefficient (Wildman–Crippen LogP) is 4.17. The summed E-state index contributed by atoms with van der Waals surface area (Å²) in [5.74, 6) is -1.66. The van der Waals surface area contributed by atoms with Crippen molar-refractivity contribution in [3.8, 4) is 10.6 Å². The molecule has 2 N–H and O–H groups in total. The Balaban J connectivity index is 1.54. The standard InChI is InChI=1S/C22H22FN3O2S/c1-13-4-9-18(12-14(13)2)26-21(28)20(27)24-11-10-19-15(3)25-22(29-19)16-5-7-17(23)8-6-16/h4-9,12H,10-11H2,1-3H3,(H,24,27)(H,26,28). The van der Waals surface area contributed by atoms with Gasteiger partial charge in [0.2, 0.25) is 0 Å². The molecule has 5 nitrogen and oxygen atoms in total. The maximum atomic E-state index is 13.1. The third kappa shape index (κ3) is 5.26. The number of aromatic nitrogens is 1. The van der Waals surface area contributed by atoms with Gasteiger partial charge in [-0.1, -0.05) is 6.07 Å². The van der Waals surface area contributed by atoms with Gasteiger partial charge in [-0.2, -0.15) is 0 Å². The van der Waals surface area contributed by atoms with E-state index in [-0.39, 0.29) is 5.82 Å². The van der Waals surface area contributed by atoms with Crippen molar-refractivity contribution in [2.45, 2.75) is 27.2 Å². The highest BCUT2D eigenvalue weighted by Gasteiger charge is 2.15. The quantitative estimate of drug-likeness (QED) is 0.619. The first-order valence-corrected chi connectivity index (χ1v) is 10.0. The third-order valence-corrected chi connectivity index (χ3v) is 5.86. The van der Waals surface area contributed by atoms with E-state index in [1.807, 2.05) is 32.9 Å². The monoisotopic (exact) mass is 411 g/mol. The molecule has 3 rings (SSSR count). The van der Waals surface area contributed by atoms with Gasteiger partial charge in [-0.15, -0.1) is 11.3 Å². The molecule has 0 atom stereocenters. The minimum atomic E-state index is -0.693. The number of benzene rings is 2. The van der Waals surface area contributed by atoms with Gasteiger partial charge in [0.15, 0.2) is 0 Å². The van der Waals surface area contributed by atoms with E-state index in [1.165, 1.54) is 23.5 Å². The van der Waals surface area contributed by atoms with Crippen LogP contribution in [0.1, 0.15) is 21.7 Å². The Hall–Kier alpha value is -3.06. The van der Waals surface area contributed by atoms with E-state index in [1.54, 1.807) is 18.2 Å². The zero-order valence-electron chi connectivity index (χ0n) is 16.5. The lowest BCUT2D eigenvalue weighted by Gasteiger charge is -2.08. The molecule has 2 amide bonds. The summed E-state index contributed by atoms with van der Waals surface area (Å²) in [6.45, 7) is 6.15. The van der Waals surface area contributed by atoms with Gasteiger partial charge in [0.1, 0.15) is 10.8 Å². The molecule has 0 unspecified atom stereocenters. The molecular formula is C22H22FN3O2S. The molecule has 0 aliphatic heterocycles. The molecule has 0 aliphatic carbocycles. The summed E-state index contributed by atoms with van der Waals surface area (Å²) in [5, 5.41) is 6.05. The van der Waals surface area contributed by atoms with Crippen LogP contribution in [-0.4, -0.2) is 23.3 Å². The SMILES string of the molecule is Cc1ccc(NC(=O)C(=O)NCCc2sc(-c3ccc(F)cc3)nc2C)cc1C. The van der Waals surface area contributed by atoms with Crippen molar-refractivity contribution in [1.82, 2.24) is 10.3 Å². The van der Waals surface area contributed by atoms with E-state index in [9.17, 15) is 14.0 Å². The average Bonchev–Trinajstić information content (AvgIpc) is 3.06. The Morgan fingerprint density at radius 2 is 1.72 bits per heavy atom. The number of rotatable bonds is 5. The highest BCUT2D eigenvalue weighted by Crippen LogP contribution is 2.28. The first kappa shape index (κ1) is 20.7. The minimum Gasteiger partial charge on any atom is -0.347 e. The number of thiazole rings is 1. The number of amides is 2. The van der Waals surface area contributed by atoms with Crippen LogP contribution in [0.3, 0.4) is 0 Å². The highest BCUT2D eigenvalue weighted by atomic mass is 32.1. The van der Waals surface area contributed by atoms with E-state index in [0.717, 1.165) is 32.3 Å². The van der Waals surface area contributed by atoms with Crippen LogP contribution in [0.2, 0.25) is 0 Å². The summed E-state index contributed by atoms with van der Waals surface area (Å²) in [5.41, 5.74) is 4.47. The van der Waals surface area contributed by atoms with Gasteiger partial charge in [-0.05, 0) is 68.3 Å². The molecule has 3 aromatic rings. The summed E-state index contributed by atoms with van der Waals surface area (Å²) in [6, 6.07) is 11.7. The van der Waals surface area contributed by atoms with Gasteiger partial charge < -0.3 is 10.6 Å². The van der Waals surface area contributed by atoms with Crippen LogP contribution >= 0.6 is 11.3 Å². The van der Waals surface area contributed by atoms with Crippen molar-refractivity contribution < 1.29 is 14.0 Å². The van der Waals surface area contributed by atoms with E-state index in [0.29, 0.717) is 18.7 Å². The number of halogens is 1. The van der Waals surface area contributed by atoms with Crippen molar-refractivity contribution in [3.63, 3.8) is 0 Å². The molecule has 7 heteroatoms. The maximum absolute atomic E-state index is 13.1. The molecule has 0 saturated carbocycles. The smallest absolute Gasteiger partial charge is 0.313 e. The van der Waals surface area contributed by atoms with Crippen LogP contribution in [0, 0.1) is 26.6 Å². The first-order chi connectivity index (χ1) is 13.8. The molecule has 0 spiro atoms. The summed E-state index contributed by atoms with van der Waals surface area (Å²) in [4.78, 5) is 29.7. The highest BCUT2D eigenvalue weighted by molar-refractivity contribution is 7.15. The Bertz CT molecular complexity index is 1040. The third-order valence-electron chi connectivity index (χ3n) is 4.59. The fourth-order valence-electron chi connectivity index (χ4n) is 2.75. The van der Waals surface area contributed by atoms with Crippen molar-refractivity contribution >= 4 is 28.8 Å². The number of hydrogen-bond donors (Lipinski definition) is 2. The van der Waals surface area contributed by atoms with Crippen LogP contribution < -0.4 is 10.6 Å². The Labute approximate surface area is 173 Å². The molecule has 29 heavy (non-hydrogen) atoms. The van der Waals surface area contributed by atoms with Crippen LogP contribution in [0.15, 0.2) is 42.5 Å². The van der Waals surface area contributed by atoms with Gasteiger partial charge in [-0.3, -0.25) is 9.59 Å². The lowest BCUT2D eigenvalue weighted by molar-refractivity contribution is -0.136. The van der Waals surface area contributed by atoms with Crippen molar-refractivity contribution in [1.29, 1.82) is 0 Å². The lowest BCUT2D eigenvalue weighted by Crippen LogP contribution is -2.36. The maximum Gasteiger partial charge on any atom is 0.313 e. The topological polar surface area (TPSA) is 71.1 Å². The fraction of sp³-hybridized carbons (Fsp3) is 0.227. The van der Waals surface area contributed by atoms with Crippen molar-refractivity contribution in [3.05, 3.63) is 70.0 Å². The second-order valence-electron chi connectivity index (χ2n) is 6.79. The average molecular weight is 412 g/mol. The van der Waals surface area contributed by atoms with Gasteiger partial charge in [-0.25, -0.2) is 9.37 Å². The molecule has 1 heterocycles. The summed E-state index contributed by atoms with van der Waals surface area (Å²) in [7, 11) is 0. The van der Waals surface area contributed by atoms with Gasteiger partial charge in [0.05, 0.1) is 5.69 Å². The Morgan fingerprint density at radius 1 is 1.00 bits per heavy atom. The molecule has 2 aromatic carbocycles.